The van der Waals surface area contributed by atoms with Gasteiger partial charge in [0.25, 0.3) is 0 Å². The third kappa shape index (κ3) is 11.5. The highest BCUT2D eigenvalue weighted by Gasteiger charge is 2.51. The summed E-state index contributed by atoms with van der Waals surface area (Å²) in [7, 11) is 1.58. The zero-order valence-corrected chi connectivity index (χ0v) is 33.1. The molecule has 0 aliphatic carbocycles. The van der Waals surface area contributed by atoms with Crippen molar-refractivity contribution >= 4 is 0 Å². The second kappa shape index (κ2) is 21.6. The molecule has 58 heavy (non-hydrogen) atoms. The van der Waals surface area contributed by atoms with Crippen LogP contribution in [-0.4, -0.2) is 80.2 Å². The molecule has 5 aromatic carbocycles. The van der Waals surface area contributed by atoms with Crippen LogP contribution in [0.25, 0.3) is 0 Å². The molecule has 0 aromatic heterocycles. The van der Waals surface area contributed by atoms with Gasteiger partial charge in [0.2, 0.25) is 0 Å². The summed E-state index contributed by atoms with van der Waals surface area (Å²) >= 11 is 0. The topological polar surface area (TPSA) is 103 Å². The van der Waals surface area contributed by atoms with Gasteiger partial charge in [0.05, 0.1) is 45.7 Å². The van der Waals surface area contributed by atoms with Crippen LogP contribution in [0.5, 0.6) is 0 Å². The average molecular weight is 791 g/mol. The lowest BCUT2D eigenvalue weighted by atomic mass is 9.97. The van der Waals surface area contributed by atoms with Gasteiger partial charge in [-0.05, 0) is 34.7 Å². The van der Waals surface area contributed by atoms with Crippen LogP contribution in [0, 0.1) is 0 Å². The molecular weight excluding hydrogens is 737 g/mol. The minimum absolute atomic E-state index is 0.0225. The van der Waals surface area contributed by atoms with Crippen molar-refractivity contribution in [3.05, 3.63) is 179 Å². The first kappa shape index (κ1) is 41.8. The lowest BCUT2D eigenvalue weighted by Crippen LogP contribution is -2.63. The van der Waals surface area contributed by atoms with E-state index in [4.69, 9.17) is 42.6 Å². The quantitative estimate of drug-likeness (QED) is 0.0911. The van der Waals surface area contributed by atoms with Crippen LogP contribution >= 0.6 is 0 Å². The number of hydrogen-bond acceptors (Lipinski definition) is 10. The molecule has 10 nitrogen and oxygen atoms in total. The molecule has 2 saturated heterocycles. The van der Waals surface area contributed by atoms with Gasteiger partial charge in [-0.2, -0.15) is 0 Å². The number of aliphatic hydroxyl groups is 1. The van der Waals surface area contributed by atoms with Crippen LogP contribution in [-0.2, 0) is 75.7 Å². The SMILES string of the molecule is CO[C@H]1O[C@H](CO[C@H]2O[C@@H](C)[C@H](OCc3ccccc3)[C@@H](OCc3ccccc3)[C@H]2O)[C@@H](OCc2ccccc2)[C@H](OCc2ccccc2)[C@H]1OCc1ccccc1. The molecular formula is C48H54O10. The molecule has 0 spiro atoms. The molecule has 0 bridgehead atoms. The van der Waals surface area contributed by atoms with Gasteiger partial charge in [0.1, 0.15) is 42.7 Å². The van der Waals surface area contributed by atoms with Crippen molar-refractivity contribution in [3.63, 3.8) is 0 Å². The molecule has 0 radical (unpaired) electrons. The van der Waals surface area contributed by atoms with Crippen LogP contribution in [0.1, 0.15) is 34.7 Å². The Balaban J connectivity index is 1.12. The molecule has 0 amide bonds. The Morgan fingerprint density at radius 2 is 0.776 bits per heavy atom. The predicted molar refractivity (Wildman–Crippen MR) is 217 cm³/mol. The van der Waals surface area contributed by atoms with Crippen LogP contribution in [0.2, 0.25) is 0 Å². The van der Waals surface area contributed by atoms with Gasteiger partial charge in [-0.15, -0.1) is 0 Å². The third-order valence-electron chi connectivity index (χ3n) is 10.4. The molecule has 306 valence electrons. The summed E-state index contributed by atoms with van der Waals surface area (Å²) in [5.74, 6) is 0. The lowest BCUT2D eigenvalue weighted by molar-refractivity contribution is -0.343. The summed E-state index contributed by atoms with van der Waals surface area (Å²) in [6.45, 7) is 3.39. The molecule has 0 saturated carbocycles. The summed E-state index contributed by atoms with van der Waals surface area (Å²) in [5.41, 5.74) is 4.96. The van der Waals surface area contributed by atoms with Gasteiger partial charge in [0, 0.05) is 7.11 Å². The smallest absolute Gasteiger partial charge is 0.186 e. The minimum Gasteiger partial charge on any atom is -0.385 e. The molecule has 1 N–H and O–H groups in total. The summed E-state index contributed by atoms with van der Waals surface area (Å²) in [6, 6.07) is 49.6. The fourth-order valence-corrected chi connectivity index (χ4v) is 7.34. The summed E-state index contributed by atoms with van der Waals surface area (Å²) in [4.78, 5) is 0. The van der Waals surface area contributed by atoms with Crippen molar-refractivity contribution in [3.8, 4) is 0 Å². The summed E-state index contributed by atoms with van der Waals surface area (Å²) < 4.78 is 58.4. The van der Waals surface area contributed by atoms with Crippen molar-refractivity contribution < 1.29 is 47.7 Å². The lowest BCUT2D eigenvalue weighted by Gasteiger charge is -2.47. The Labute approximate surface area is 341 Å². The molecule has 10 atom stereocenters. The van der Waals surface area contributed by atoms with E-state index < -0.39 is 61.4 Å². The molecule has 2 aliphatic heterocycles. The van der Waals surface area contributed by atoms with Crippen LogP contribution in [0.3, 0.4) is 0 Å². The van der Waals surface area contributed by atoms with Crippen LogP contribution < -0.4 is 0 Å². The Hall–Kier alpha value is -4.30. The molecule has 10 heteroatoms. The van der Waals surface area contributed by atoms with Crippen LogP contribution in [0.4, 0.5) is 0 Å². The van der Waals surface area contributed by atoms with Crippen molar-refractivity contribution in [1.82, 2.24) is 0 Å². The number of methoxy groups -OCH3 is 1. The Morgan fingerprint density at radius 3 is 1.19 bits per heavy atom. The van der Waals surface area contributed by atoms with Crippen molar-refractivity contribution in [2.75, 3.05) is 13.7 Å². The first-order chi connectivity index (χ1) is 28.6. The van der Waals surface area contributed by atoms with E-state index in [1.807, 2.05) is 159 Å². The largest absolute Gasteiger partial charge is 0.385 e. The van der Waals surface area contributed by atoms with Crippen LogP contribution in [0.15, 0.2) is 152 Å². The maximum atomic E-state index is 11.9. The van der Waals surface area contributed by atoms with Gasteiger partial charge < -0.3 is 47.7 Å². The Kier molecular flexibility index (Phi) is 15.6. The van der Waals surface area contributed by atoms with Gasteiger partial charge >= 0.3 is 0 Å². The fourth-order valence-electron chi connectivity index (χ4n) is 7.34. The van der Waals surface area contributed by atoms with Gasteiger partial charge in [-0.3, -0.25) is 0 Å². The normalized spacial score (nSPS) is 27.3. The molecule has 7 rings (SSSR count). The van der Waals surface area contributed by atoms with E-state index in [1.165, 1.54) is 0 Å². The maximum Gasteiger partial charge on any atom is 0.186 e. The zero-order valence-electron chi connectivity index (χ0n) is 33.1. The maximum absolute atomic E-state index is 11.9. The third-order valence-corrected chi connectivity index (χ3v) is 10.4. The highest BCUT2D eigenvalue weighted by Crippen LogP contribution is 2.33. The second-order valence-electron chi connectivity index (χ2n) is 14.6. The van der Waals surface area contributed by atoms with Crippen molar-refractivity contribution in [1.29, 1.82) is 0 Å². The number of rotatable bonds is 19. The van der Waals surface area contributed by atoms with E-state index in [1.54, 1.807) is 7.11 Å². The van der Waals surface area contributed by atoms with Crippen molar-refractivity contribution in [2.45, 2.75) is 101 Å². The fraction of sp³-hybridized carbons (Fsp3) is 0.375. The Morgan fingerprint density at radius 1 is 0.414 bits per heavy atom. The van der Waals surface area contributed by atoms with Crippen molar-refractivity contribution in [2.24, 2.45) is 0 Å². The molecule has 2 fully saturated rings. The van der Waals surface area contributed by atoms with E-state index in [0.29, 0.717) is 19.8 Å². The molecule has 5 aromatic rings. The highest BCUT2D eigenvalue weighted by molar-refractivity contribution is 5.17. The zero-order chi connectivity index (χ0) is 39.9. The summed E-state index contributed by atoms with van der Waals surface area (Å²) in [6.07, 6.45) is -7.63. The van der Waals surface area contributed by atoms with Gasteiger partial charge in [-0.25, -0.2) is 0 Å². The molecule has 2 heterocycles. The number of ether oxygens (including phenoxy) is 9. The van der Waals surface area contributed by atoms with E-state index in [2.05, 4.69) is 0 Å². The number of aliphatic hydroxyl groups excluding tert-OH is 1. The first-order valence-electron chi connectivity index (χ1n) is 20.0. The molecule has 0 unspecified atom stereocenters. The Bertz CT molecular complexity index is 1870. The average Bonchev–Trinajstić information content (AvgIpc) is 3.28. The summed E-state index contributed by atoms with van der Waals surface area (Å²) in [5, 5.41) is 11.9. The predicted octanol–water partition coefficient (Wildman–Crippen LogP) is 7.41. The van der Waals surface area contributed by atoms with E-state index in [-0.39, 0.29) is 19.8 Å². The molecule has 2 aliphatic rings. The van der Waals surface area contributed by atoms with Gasteiger partial charge in [-0.1, -0.05) is 152 Å². The first-order valence-corrected chi connectivity index (χ1v) is 20.0. The van der Waals surface area contributed by atoms with E-state index >= 15 is 0 Å². The highest BCUT2D eigenvalue weighted by atomic mass is 16.7. The number of benzene rings is 5. The van der Waals surface area contributed by atoms with E-state index in [0.717, 1.165) is 27.8 Å². The van der Waals surface area contributed by atoms with E-state index in [9.17, 15) is 5.11 Å². The standard InChI is InChI=1S/C48H54O10/c1-34-42(51-28-35-18-8-3-9-19-35)44(53-30-37-22-12-5-13-23-37)41(49)47(57-34)56-33-40-43(52-29-36-20-10-4-11-21-36)45(54-31-38-24-14-6-15-25-38)46(48(50-2)58-40)55-32-39-26-16-7-17-27-39/h3-27,34,40-49H,28-33H2,1-2H3/t34-,40+,41+,42-,43+,44-,45-,46+,47-,48-/m0/s1. The monoisotopic (exact) mass is 790 g/mol. The number of hydrogen-bond donors (Lipinski definition) is 1. The van der Waals surface area contributed by atoms with Gasteiger partial charge in [0.15, 0.2) is 12.6 Å². The second-order valence-corrected chi connectivity index (χ2v) is 14.6. The minimum atomic E-state index is -1.20.